The molecular weight excluding hydrogens is 174 g/mol. The molecule has 1 saturated heterocycles. The summed E-state index contributed by atoms with van der Waals surface area (Å²) in [4.78, 5) is 11.4. The van der Waals surface area contributed by atoms with E-state index in [9.17, 15) is 0 Å². The average molecular weight is 193 g/mol. The standard InChI is InChI=1S/C11H19N3/c1-3-11-12-8-10(13-11)9-4-6-14(2)7-5-9/h9H,3-8H2,1-2H3. The highest BCUT2D eigenvalue weighted by atomic mass is 15.1. The lowest BCUT2D eigenvalue weighted by molar-refractivity contribution is 0.251. The molecule has 0 radical (unpaired) electrons. The highest BCUT2D eigenvalue weighted by Crippen LogP contribution is 2.20. The van der Waals surface area contributed by atoms with Gasteiger partial charge in [0, 0.05) is 18.1 Å². The van der Waals surface area contributed by atoms with Crippen molar-refractivity contribution < 1.29 is 0 Å². The highest BCUT2D eigenvalue weighted by molar-refractivity contribution is 6.04. The Morgan fingerprint density at radius 1 is 1.36 bits per heavy atom. The van der Waals surface area contributed by atoms with Crippen LogP contribution in [0, 0.1) is 5.92 Å². The number of rotatable bonds is 2. The van der Waals surface area contributed by atoms with Gasteiger partial charge in [-0.05, 0) is 33.0 Å². The molecule has 14 heavy (non-hydrogen) atoms. The maximum absolute atomic E-state index is 4.60. The molecule has 1 fully saturated rings. The average Bonchev–Trinajstić information content (AvgIpc) is 2.67. The monoisotopic (exact) mass is 193 g/mol. The van der Waals surface area contributed by atoms with Crippen LogP contribution in [0.5, 0.6) is 0 Å². The third-order valence-corrected chi connectivity index (χ3v) is 3.20. The van der Waals surface area contributed by atoms with Gasteiger partial charge < -0.3 is 4.90 Å². The van der Waals surface area contributed by atoms with E-state index < -0.39 is 0 Å². The number of hydrogen-bond donors (Lipinski definition) is 0. The molecule has 0 bridgehead atoms. The van der Waals surface area contributed by atoms with E-state index >= 15 is 0 Å². The minimum atomic E-state index is 0.707. The molecular formula is C11H19N3. The SMILES string of the molecule is CCC1=NCC(C2CCN(C)CC2)=N1. The fraction of sp³-hybridized carbons (Fsp3) is 0.818. The molecule has 0 N–H and O–H groups in total. The first kappa shape index (κ1) is 9.84. The van der Waals surface area contributed by atoms with E-state index in [2.05, 4.69) is 28.9 Å². The van der Waals surface area contributed by atoms with Crippen LogP contribution in [0.25, 0.3) is 0 Å². The number of amidine groups is 1. The topological polar surface area (TPSA) is 28.0 Å². The number of piperidine rings is 1. The second kappa shape index (κ2) is 4.22. The van der Waals surface area contributed by atoms with Crippen molar-refractivity contribution in [2.24, 2.45) is 15.9 Å². The third kappa shape index (κ3) is 2.03. The van der Waals surface area contributed by atoms with Gasteiger partial charge in [-0.3, -0.25) is 4.99 Å². The van der Waals surface area contributed by atoms with Gasteiger partial charge >= 0.3 is 0 Å². The largest absolute Gasteiger partial charge is 0.306 e. The van der Waals surface area contributed by atoms with Gasteiger partial charge in [0.2, 0.25) is 0 Å². The van der Waals surface area contributed by atoms with Crippen LogP contribution < -0.4 is 0 Å². The van der Waals surface area contributed by atoms with Crippen molar-refractivity contribution in [3.05, 3.63) is 0 Å². The van der Waals surface area contributed by atoms with Crippen molar-refractivity contribution in [1.82, 2.24) is 4.90 Å². The first-order chi connectivity index (χ1) is 6.79. The minimum Gasteiger partial charge on any atom is -0.306 e. The smallest absolute Gasteiger partial charge is 0.123 e. The Balaban J connectivity index is 1.92. The van der Waals surface area contributed by atoms with Crippen molar-refractivity contribution in [3.8, 4) is 0 Å². The van der Waals surface area contributed by atoms with Crippen LogP contribution in [0.1, 0.15) is 26.2 Å². The van der Waals surface area contributed by atoms with Gasteiger partial charge in [0.1, 0.15) is 5.84 Å². The molecule has 0 spiro atoms. The third-order valence-electron chi connectivity index (χ3n) is 3.20. The van der Waals surface area contributed by atoms with Crippen molar-refractivity contribution in [1.29, 1.82) is 0 Å². The fourth-order valence-corrected chi connectivity index (χ4v) is 2.16. The zero-order valence-electron chi connectivity index (χ0n) is 9.16. The molecule has 0 aliphatic carbocycles. The normalized spacial score (nSPS) is 25.0. The Bertz CT molecular complexity index is 260. The molecule has 2 heterocycles. The van der Waals surface area contributed by atoms with E-state index in [1.807, 2.05) is 0 Å². The summed E-state index contributed by atoms with van der Waals surface area (Å²) < 4.78 is 0. The lowest BCUT2D eigenvalue weighted by atomic mass is 9.92. The zero-order valence-corrected chi connectivity index (χ0v) is 9.16. The quantitative estimate of drug-likeness (QED) is 0.654. The Morgan fingerprint density at radius 2 is 2.07 bits per heavy atom. The van der Waals surface area contributed by atoms with E-state index in [0.29, 0.717) is 5.92 Å². The van der Waals surface area contributed by atoms with Crippen molar-refractivity contribution in [2.75, 3.05) is 26.7 Å². The molecule has 0 aromatic carbocycles. The minimum absolute atomic E-state index is 0.707. The highest BCUT2D eigenvalue weighted by Gasteiger charge is 2.23. The van der Waals surface area contributed by atoms with Crippen LogP contribution in [0.4, 0.5) is 0 Å². The van der Waals surface area contributed by atoms with Crippen LogP contribution >= 0.6 is 0 Å². The van der Waals surface area contributed by atoms with Crippen LogP contribution in [-0.2, 0) is 0 Å². The number of hydrogen-bond acceptors (Lipinski definition) is 3. The van der Waals surface area contributed by atoms with Gasteiger partial charge in [0.25, 0.3) is 0 Å². The van der Waals surface area contributed by atoms with E-state index in [0.717, 1.165) is 18.8 Å². The number of nitrogens with zero attached hydrogens (tertiary/aromatic N) is 3. The maximum atomic E-state index is 4.60. The molecule has 78 valence electrons. The summed E-state index contributed by atoms with van der Waals surface area (Å²) >= 11 is 0. The van der Waals surface area contributed by atoms with E-state index in [1.54, 1.807) is 0 Å². The molecule has 0 atom stereocenters. The van der Waals surface area contributed by atoms with Crippen molar-refractivity contribution >= 4 is 11.5 Å². The van der Waals surface area contributed by atoms with Gasteiger partial charge in [-0.1, -0.05) is 6.92 Å². The molecule has 3 nitrogen and oxygen atoms in total. The predicted octanol–water partition coefficient (Wildman–Crippen LogP) is 1.59. The summed E-state index contributed by atoms with van der Waals surface area (Å²) in [6.07, 6.45) is 3.51. The lowest BCUT2D eigenvalue weighted by Gasteiger charge is -2.28. The van der Waals surface area contributed by atoms with E-state index in [-0.39, 0.29) is 0 Å². The van der Waals surface area contributed by atoms with Gasteiger partial charge in [-0.25, -0.2) is 4.99 Å². The molecule has 2 rings (SSSR count). The van der Waals surface area contributed by atoms with Crippen LogP contribution in [0.2, 0.25) is 0 Å². The molecule has 3 heteroatoms. The molecule has 0 unspecified atom stereocenters. The van der Waals surface area contributed by atoms with Gasteiger partial charge in [-0.15, -0.1) is 0 Å². The summed E-state index contributed by atoms with van der Waals surface area (Å²) in [5.41, 5.74) is 1.34. The molecule has 0 aromatic heterocycles. The Morgan fingerprint density at radius 3 is 2.64 bits per heavy atom. The summed E-state index contributed by atoms with van der Waals surface area (Å²) in [7, 11) is 2.20. The molecule has 2 aliphatic heterocycles. The predicted molar refractivity (Wildman–Crippen MR) is 60.2 cm³/mol. The molecule has 0 saturated carbocycles. The molecule has 0 amide bonds. The van der Waals surface area contributed by atoms with E-state index in [1.165, 1.54) is 31.6 Å². The van der Waals surface area contributed by atoms with Crippen molar-refractivity contribution in [2.45, 2.75) is 26.2 Å². The molecule has 0 aromatic rings. The Hall–Kier alpha value is -0.700. The lowest BCUT2D eigenvalue weighted by Crippen LogP contribution is -2.34. The Labute approximate surface area is 85.9 Å². The van der Waals surface area contributed by atoms with Crippen LogP contribution in [0.15, 0.2) is 9.98 Å². The summed E-state index contributed by atoms with van der Waals surface area (Å²) in [5.74, 6) is 1.76. The zero-order chi connectivity index (χ0) is 9.97. The molecule has 2 aliphatic rings. The van der Waals surface area contributed by atoms with Crippen LogP contribution in [-0.4, -0.2) is 43.1 Å². The summed E-state index contributed by atoms with van der Waals surface area (Å²) in [6.45, 7) is 5.42. The second-order valence-electron chi connectivity index (χ2n) is 4.27. The van der Waals surface area contributed by atoms with E-state index in [4.69, 9.17) is 0 Å². The van der Waals surface area contributed by atoms with Gasteiger partial charge in [-0.2, -0.15) is 0 Å². The summed E-state index contributed by atoms with van der Waals surface area (Å²) in [5, 5.41) is 0. The van der Waals surface area contributed by atoms with Gasteiger partial charge in [0.15, 0.2) is 0 Å². The first-order valence-electron chi connectivity index (χ1n) is 5.59. The second-order valence-corrected chi connectivity index (χ2v) is 4.27. The van der Waals surface area contributed by atoms with Gasteiger partial charge in [0.05, 0.1) is 6.54 Å². The first-order valence-corrected chi connectivity index (χ1v) is 5.59. The Kier molecular flexibility index (Phi) is 2.96. The van der Waals surface area contributed by atoms with Crippen LogP contribution in [0.3, 0.4) is 0 Å². The summed E-state index contributed by atoms with van der Waals surface area (Å²) in [6, 6.07) is 0. The number of likely N-dealkylation sites (tertiary alicyclic amines) is 1. The van der Waals surface area contributed by atoms with Crippen molar-refractivity contribution in [3.63, 3.8) is 0 Å². The maximum Gasteiger partial charge on any atom is 0.123 e. The number of aliphatic imine (C=N–C) groups is 2. The fourth-order valence-electron chi connectivity index (χ4n) is 2.16.